The molecule has 15 heavy (non-hydrogen) atoms. The van der Waals surface area contributed by atoms with Gasteiger partial charge in [-0.2, -0.15) is 0 Å². The van der Waals surface area contributed by atoms with Crippen LogP contribution in [-0.4, -0.2) is 29.0 Å². The van der Waals surface area contributed by atoms with E-state index in [4.69, 9.17) is 4.74 Å². The lowest BCUT2D eigenvalue weighted by molar-refractivity contribution is -0.133. The van der Waals surface area contributed by atoms with Crippen molar-refractivity contribution >= 4 is 21.8 Å². The van der Waals surface area contributed by atoms with E-state index in [0.29, 0.717) is 0 Å². The van der Waals surface area contributed by atoms with Gasteiger partial charge >= 0.3 is 0 Å². The van der Waals surface area contributed by atoms with E-state index in [1.807, 2.05) is 20.8 Å². The topological polar surface area (TPSA) is 38.3 Å². The molecule has 1 fully saturated rings. The maximum absolute atomic E-state index is 11.6. The van der Waals surface area contributed by atoms with E-state index in [0.717, 1.165) is 18.2 Å². The Bertz CT molecular complexity index is 226. The van der Waals surface area contributed by atoms with Crippen LogP contribution < -0.4 is 5.32 Å². The normalized spacial score (nSPS) is 19.5. The van der Waals surface area contributed by atoms with Crippen molar-refractivity contribution in [3.63, 3.8) is 0 Å². The fourth-order valence-electron chi connectivity index (χ4n) is 1.51. The van der Waals surface area contributed by atoms with Crippen molar-refractivity contribution in [1.29, 1.82) is 0 Å². The van der Waals surface area contributed by atoms with E-state index in [1.165, 1.54) is 6.42 Å². The minimum atomic E-state index is -0.251. The summed E-state index contributed by atoms with van der Waals surface area (Å²) in [7, 11) is 0. The van der Waals surface area contributed by atoms with Crippen LogP contribution >= 0.6 is 15.9 Å². The second-order valence-electron chi connectivity index (χ2n) is 5.22. The molecule has 1 aliphatic rings. The summed E-state index contributed by atoms with van der Waals surface area (Å²) in [6, 6.07) is 0. The minimum absolute atomic E-state index is 0.00166. The van der Waals surface area contributed by atoms with Crippen molar-refractivity contribution in [2.45, 2.75) is 51.2 Å². The highest BCUT2D eigenvalue weighted by atomic mass is 79.9. The van der Waals surface area contributed by atoms with Crippen molar-refractivity contribution < 1.29 is 9.53 Å². The molecule has 1 amide bonds. The van der Waals surface area contributed by atoms with Crippen molar-refractivity contribution in [1.82, 2.24) is 5.32 Å². The highest BCUT2D eigenvalue weighted by molar-refractivity contribution is 9.09. The van der Waals surface area contributed by atoms with E-state index in [-0.39, 0.29) is 23.7 Å². The van der Waals surface area contributed by atoms with Gasteiger partial charge in [-0.3, -0.25) is 4.79 Å². The Morgan fingerprint density at radius 1 is 1.47 bits per heavy atom. The monoisotopic (exact) mass is 277 g/mol. The molecule has 0 aromatic rings. The number of ether oxygens (including phenoxy) is 1. The van der Waals surface area contributed by atoms with Gasteiger partial charge in [0.1, 0.15) is 6.61 Å². The molecule has 3 nitrogen and oxygen atoms in total. The first-order chi connectivity index (χ1) is 6.87. The molecule has 1 rings (SSSR count). The number of amides is 1. The van der Waals surface area contributed by atoms with E-state index in [1.54, 1.807) is 0 Å². The molecule has 0 saturated heterocycles. The molecule has 1 saturated carbocycles. The first kappa shape index (κ1) is 13.0. The van der Waals surface area contributed by atoms with E-state index < -0.39 is 0 Å². The number of nitrogens with one attached hydrogen (secondary N) is 1. The van der Waals surface area contributed by atoms with Crippen molar-refractivity contribution in [2.24, 2.45) is 0 Å². The lowest BCUT2D eigenvalue weighted by atomic mass is 9.78. The fraction of sp³-hybridized carbons (Fsp3) is 0.909. The molecule has 0 aromatic heterocycles. The van der Waals surface area contributed by atoms with Crippen molar-refractivity contribution in [2.75, 3.05) is 11.9 Å². The first-order valence-electron chi connectivity index (χ1n) is 5.38. The Hall–Kier alpha value is -0.0900. The van der Waals surface area contributed by atoms with Crippen LogP contribution in [0.15, 0.2) is 0 Å². The summed E-state index contributed by atoms with van der Waals surface area (Å²) in [5.41, 5.74) is -0.253. The predicted molar refractivity (Wildman–Crippen MR) is 64.2 cm³/mol. The van der Waals surface area contributed by atoms with Gasteiger partial charge in [0.15, 0.2) is 0 Å². The van der Waals surface area contributed by atoms with Crippen molar-refractivity contribution in [3.8, 4) is 0 Å². The zero-order valence-corrected chi connectivity index (χ0v) is 11.3. The molecule has 0 aliphatic heterocycles. The summed E-state index contributed by atoms with van der Waals surface area (Å²) in [5.74, 6) is -0.0101. The molecule has 1 aliphatic carbocycles. The highest BCUT2D eigenvalue weighted by Gasteiger charge is 2.37. The number of alkyl halides is 1. The Morgan fingerprint density at radius 2 is 2.07 bits per heavy atom. The summed E-state index contributed by atoms with van der Waals surface area (Å²) in [6.45, 7) is 6.00. The van der Waals surface area contributed by atoms with Crippen LogP contribution in [0, 0.1) is 0 Å². The third-order valence-corrected chi connectivity index (χ3v) is 3.68. The molecule has 4 heteroatoms. The third kappa shape index (κ3) is 4.11. The average molecular weight is 278 g/mol. The second kappa shape index (κ2) is 4.83. The summed E-state index contributed by atoms with van der Waals surface area (Å²) in [4.78, 5) is 11.6. The number of carbonyl (C=O) groups is 1. The van der Waals surface area contributed by atoms with Crippen LogP contribution in [0.25, 0.3) is 0 Å². The highest BCUT2D eigenvalue weighted by Crippen LogP contribution is 2.33. The van der Waals surface area contributed by atoms with E-state index in [2.05, 4.69) is 21.2 Å². The lowest BCUT2D eigenvalue weighted by Crippen LogP contribution is -2.56. The lowest BCUT2D eigenvalue weighted by Gasteiger charge is -2.41. The maximum Gasteiger partial charge on any atom is 0.246 e. The van der Waals surface area contributed by atoms with Crippen LogP contribution in [0.4, 0.5) is 0 Å². The smallest absolute Gasteiger partial charge is 0.246 e. The number of carbonyl (C=O) groups excluding carboxylic acids is 1. The molecule has 0 spiro atoms. The van der Waals surface area contributed by atoms with Gasteiger partial charge in [0, 0.05) is 10.9 Å². The van der Waals surface area contributed by atoms with Gasteiger partial charge in [-0.15, -0.1) is 0 Å². The van der Waals surface area contributed by atoms with Gasteiger partial charge in [-0.1, -0.05) is 15.9 Å². The maximum atomic E-state index is 11.6. The van der Waals surface area contributed by atoms with Crippen LogP contribution in [0.2, 0.25) is 0 Å². The van der Waals surface area contributed by atoms with E-state index in [9.17, 15) is 4.79 Å². The zero-order valence-electron chi connectivity index (χ0n) is 9.73. The summed E-state index contributed by atoms with van der Waals surface area (Å²) < 4.78 is 5.42. The largest absolute Gasteiger partial charge is 0.366 e. The molecular formula is C11H20BrNO2. The average Bonchev–Trinajstić information content (AvgIpc) is 2.07. The third-order valence-electron chi connectivity index (χ3n) is 2.61. The molecule has 0 heterocycles. The van der Waals surface area contributed by atoms with Gasteiger partial charge in [-0.05, 0) is 40.0 Å². The number of halogens is 1. The second-order valence-corrected chi connectivity index (χ2v) is 5.78. The molecule has 88 valence electrons. The molecule has 1 N–H and O–H groups in total. The summed E-state index contributed by atoms with van der Waals surface area (Å²) in [6.07, 6.45) is 3.34. The quantitative estimate of drug-likeness (QED) is 0.801. The van der Waals surface area contributed by atoms with Gasteiger partial charge in [0.2, 0.25) is 5.91 Å². The Kier molecular flexibility index (Phi) is 4.18. The minimum Gasteiger partial charge on any atom is -0.366 e. The first-order valence-corrected chi connectivity index (χ1v) is 6.50. The molecule has 0 bridgehead atoms. The van der Waals surface area contributed by atoms with Crippen LogP contribution in [0.1, 0.15) is 40.0 Å². The molecule has 0 radical (unpaired) electrons. The Morgan fingerprint density at radius 3 is 2.40 bits per heavy atom. The van der Waals surface area contributed by atoms with Gasteiger partial charge in [0.05, 0.1) is 5.60 Å². The van der Waals surface area contributed by atoms with Crippen molar-refractivity contribution in [3.05, 3.63) is 0 Å². The van der Waals surface area contributed by atoms with Crippen LogP contribution in [0.3, 0.4) is 0 Å². The van der Waals surface area contributed by atoms with Crippen LogP contribution in [-0.2, 0) is 9.53 Å². The SMILES string of the molecule is CC(C)(C)OCC(=O)NC1(CBr)CCC1. The fourth-order valence-corrected chi connectivity index (χ4v) is 2.21. The Balaban J connectivity index is 2.29. The number of hydrogen-bond acceptors (Lipinski definition) is 2. The zero-order chi connectivity index (χ0) is 11.5. The van der Waals surface area contributed by atoms with E-state index >= 15 is 0 Å². The van der Waals surface area contributed by atoms with Crippen LogP contribution in [0.5, 0.6) is 0 Å². The summed E-state index contributed by atoms with van der Waals surface area (Å²) in [5, 5.41) is 3.88. The standard InChI is InChI=1S/C11H20BrNO2/c1-10(2,3)15-7-9(14)13-11(8-12)5-4-6-11/h4-8H2,1-3H3,(H,13,14). The van der Waals surface area contributed by atoms with Gasteiger partial charge < -0.3 is 10.1 Å². The molecule has 0 unspecified atom stereocenters. The predicted octanol–water partition coefficient (Wildman–Crippen LogP) is 2.24. The summed E-state index contributed by atoms with van der Waals surface area (Å²) >= 11 is 3.45. The molecule has 0 aromatic carbocycles. The molecular weight excluding hydrogens is 258 g/mol. The van der Waals surface area contributed by atoms with Gasteiger partial charge in [-0.25, -0.2) is 0 Å². The Labute approximate surface area is 100 Å². The van der Waals surface area contributed by atoms with Gasteiger partial charge in [0.25, 0.3) is 0 Å². The number of rotatable bonds is 4. The number of hydrogen-bond donors (Lipinski definition) is 1. The molecule has 0 atom stereocenters.